The molecule has 6 heteroatoms. The zero-order valence-corrected chi connectivity index (χ0v) is 11.3. The Hall–Kier alpha value is -2.16. The van der Waals surface area contributed by atoms with E-state index >= 15 is 0 Å². The summed E-state index contributed by atoms with van der Waals surface area (Å²) in [6.07, 6.45) is 1.89. The fourth-order valence-electron chi connectivity index (χ4n) is 1.85. The van der Waals surface area contributed by atoms with E-state index in [4.69, 9.17) is 10.00 Å². The van der Waals surface area contributed by atoms with Crippen molar-refractivity contribution in [2.24, 2.45) is 0 Å². The number of hydrogen-bond donors (Lipinski definition) is 0. The van der Waals surface area contributed by atoms with Crippen molar-refractivity contribution in [3.8, 4) is 6.07 Å². The third kappa shape index (κ3) is 3.19. The van der Waals surface area contributed by atoms with Crippen molar-refractivity contribution in [2.75, 3.05) is 6.54 Å². The van der Waals surface area contributed by atoms with Crippen LogP contribution in [0.2, 0.25) is 0 Å². The Morgan fingerprint density at radius 1 is 1.53 bits per heavy atom. The topological polar surface area (TPSA) is 79.1 Å². The highest BCUT2D eigenvalue weighted by Gasteiger charge is 2.26. The maximum atomic E-state index is 12.0. The van der Waals surface area contributed by atoms with E-state index < -0.39 is 5.60 Å². The van der Waals surface area contributed by atoms with Crippen molar-refractivity contribution in [3.05, 3.63) is 23.3 Å². The molecule has 0 saturated heterocycles. The second kappa shape index (κ2) is 4.84. The summed E-state index contributed by atoms with van der Waals surface area (Å²) in [7, 11) is 0. The van der Waals surface area contributed by atoms with Crippen LogP contribution in [0.1, 0.15) is 37.9 Å². The minimum absolute atomic E-state index is 0.171. The van der Waals surface area contributed by atoms with Crippen LogP contribution in [0.5, 0.6) is 0 Å². The predicted octanol–water partition coefficient (Wildman–Crippen LogP) is 1.64. The second-order valence-corrected chi connectivity index (χ2v) is 5.43. The van der Waals surface area contributed by atoms with Crippen LogP contribution in [0.3, 0.4) is 0 Å². The summed E-state index contributed by atoms with van der Waals surface area (Å²) in [5.74, 6) is 0.171. The molecule has 100 valence electrons. The van der Waals surface area contributed by atoms with E-state index in [2.05, 4.69) is 9.97 Å². The number of hydrogen-bond acceptors (Lipinski definition) is 5. The Morgan fingerprint density at radius 2 is 2.26 bits per heavy atom. The van der Waals surface area contributed by atoms with E-state index in [0.717, 1.165) is 11.3 Å². The summed E-state index contributed by atoms with van der Waals surface area (Å²) in [6, 6.07) is 1.91. The second-order valence-electron chi connectivity index (χ2n) is 5.43. The van der Waals surface area contributed by atoms with E-state index in [9.17, 15) is 4.79 Å². The molecule has 0 N–H and O–H groups in total. The maximum Gasteiger partial charge on any atom is 0.410 e. The van der Waals surface area contributed by atoms with Gasteiger partial charge in [-0.05, 0) is 20.8 Å². The summed E-state index contributed by atoms with van der Waals surface area (Å²) >= 11 is 0. The van der Waals surface area contributed by atoms with Gasteiger partial charge in [0, 0.05) is 24.7 Å². The molecular formula is C13H16N4O2. The Morgan fingerprint density at radius 3 is 2.89 bits per heavy atom. The number of ether oxygens (including phenoxy) is 1. The summed E-state index contributed by atoms with van der Waals surface area (Å²) in [4.78, 5) is 21.7. The first kappa shape index (κ1) is 13.3. The van der Waals surface area contributed by atoms with Gasteiger partial charge < -0.3 is 9.64 Å². The third-order valence-corrected chi connectivity index (χ3v) is 2.69. The van der Waals surface area contributed by atoms with Gasteiger partial charge in [-0.2, -0.15) is 5.26 Å². The van der Waals surface area contributed by atoms with Gasteiger partial charge in [0.2, 0.25) is 5.82 Å². The van der Waals surface area contributed by atoms with Crippen LogP contribution < -0.4 is 0 Å². The van der Waals surface area contributed by atoms with Gasteiger partial charge in [-0.3, -0.25) is 0 Å². The molecule has 1 aromatic heterocycles. The van der Waals surface area contributed by atoms with Gasteiger partial charge >= 0.3 is 6.09 Å². The number of nitriles is 1. The quantitative estimate of drug-likeness (QED) is 0.708. The van der Waals surface area contributed by atoms with Crippen molar-refractivity contribution in [2.45, 2.75) is 39.3 Å². The highest BCUT2D eigenvalue weighted by atomic mass is 16.6. The number of carbonyl (C=O) groups excluding carboxylic acids is 1. The molecule has 0 saturated carbocycles. The summed E-state index contributed by atoms with van der Waals surface area (Å²) in [5.41, 5.74) is 1.21. The van der Waals surface area contributed by atoms with E-state index in [1.807, 2.05) is 26.8 Å². The number of amides is 1. The molecule has 19 heavy (non-hydrogen) atoms. The normalized spacial score (nSPS) is 14.5. The molecular weight excluding hydrogens is 244 g/mol. The lowest BCUT2D eigenvalue weighted by molar-refractivity contribution is 0.0222. The molecule has 6 nitrogen and oxygen atoms in total. The van der Waals surface area contributed by atoms with Crippen molar-refractivity contribution in [3.63, 3.8) is 0 Å². The van der Waals surface area contributed by atoms with Crippen molar-refractivity contribution < 1.29 is 9.53 Å². The molecule has 0 aliphatic carbocycles. The minimum atomic E-state index is -0.501. The zero-order valence-electron chi connectivity index (χ0n) is 11.3. The predicted molar refractivity (Wildman–Crippen MR) is 67.1 cm³/mol. The van der Waals surface area contributed by atoms with Gasteiger partial charge in [-0.15, -0.1) is 0 Å². The summed E-state index contributed by atoms with van der Waals surface area (Å²) in [5, 5.41) is 8.75. The largest absolute Gasteiger partial charge is 0.444 e. The van der Waals surface area contributed by atoms with Crippen LogP contribution >= 0.6 is 0 Å². The van der Waals surface area contributed by atoms with Crippen LogP contribution in [0.4, 0.5) is 4.79 Å². The standard InChI is InChI=1S/C13H16N4O2/c1-13(2,3)19-12(18)17-5-4-10-9(8-17)7-15-11(6-14)16-10/h7H,4-5,8H2,1-3H3. The molecule has 0 aromatic carbocycles. The third-order valence-electron chi connectivity index (χ3n) is 2.69. The maximum absolute atomic E-state index is 12.0. The number of carbonyl (C=O) groups is 1. The van der Waals surface area contributed by atoms with Crippen LogP contribution in [0, 0.1) is 11.3 Å². The fourth-order valence-corrected chi connectivity index (χ4v) is 1.85. The first-order chi connectivity index (χ1) is 8.89. The zero-order chi connectivity index (χ0) is 14.0. The number of aromatic nitrogens is 2. The van der Waals surface area contributed by atoms with Crippen molar-refractivity contribution >= 4 is 6.09 Å². The first-order valence-electron chi connectivity index (χ1n) is 6.12. The van der Waals surface area contributed by atoms with E-state index in [0.29, 0.717) is 19.5 Å². The van der Waals surface area contributed by atoms with Gasteiger partial charge in [0.15, 0.2) is 0 Å². The monoisotopic (exact) mass is 260 g/mol. The molecule has 1 aliphatic rings. The van der Waals surface area contributed by atoms with Gasteiger partial charge in [0.25, 0.3) is 0 Å². The Labute approximate surface area is 112 Å². The van der Waals surface area contributed by atoms with Gasteiger partial charge in [-0.25, -0.2) is 14.8 Å². The van der Waals surface area contributed by atoms with Gasteiger partial charge in [0.05, 0.1) is 12.2 Å². The minimum Gasteiger partial charge on any atom is -0.444 e. The molecule has 1 aromatic rings. The van der Waals surface area contributed by atoms with Gasteiger partial charge in [0.1, 0.15) is 11.7 Å². The average Bonchev–Trinajstić information content (AvgIpc) is 2.35. The number of fused-ring (bicyclic) bond motifs is 1. The lowest BCUT2D eigenvalue weighted by Gasteiger charge is -2.30. The summed E-state index contributed by atoms with van der Waals surface area (Å²) in [6.45, 7) is 6.49. The Bertz CT molecular complexity index is 543. The number of rotatable bonds is 0. The molecule has 2 rings (SSSR count). The van der Waals surface area contributed by atoms with Crippen LogP contribution in [0.25, 0.3) is 0 Å². The van der Waals surface area contributed by atoms with Crippen LogP contribution in [0.15, 0.2) is 6.20 Å². The van der Waals surface area contributed by atoms with E-state index in [1.165, 1.54) is 0 Å². The van der Waals surface area contributed by atoms with Gasteiger partial charge in [-0.1, -0.05) is 0 Å². The molecule has 0 radical (unpaired) electrons. The van der Waals surface area contributed by atoms with Crippen molar-refractivity contribution in [1.29, 1.82) is 5.26 Å². The lowest BCUT2D eigenvalue weighted by Crippen LogP contribution is -2.40. The molecule has 0 unspecified atom stereocenters. The molecule has 1 amide bonds. The average molecular weight is 260 g/mol. The van der Waals surface area contributed by atoms with E-state index in [1.54, 1.807) is 11.1 Å². The fraction of sp³-hybridized carbons (Fsp3) is 0.538. The Balaban J connectivity index is 2.11. The smallest absolute Gasteiger partial charge is 0.410 e. The lowest BCUT2D eigenvalue weighted by atomic mass is 10.1. The molecule has 2 heterocycles. The molecule has 0 atom stereocenters. The van der Waals surface area contributed by atoms with Crippen molar-refractivity contribution in [1.82, 2.24) is 14.9 Å². The summed E-state index contributed by atoms with van der Waals surface area (Å²) < 4.78 is 5.33. The van der Waals surface area contributed by atoms with Crippen LogP contribution in [-0.4, -0.2) is 33.1 Å². The highest BCUT2D eigenvalue weighted by Crippen LogP contribution is 2.19. The SMILES string of the molecule is CC(C)(C)OC(=O)N1CCc2nc(C#N)ncc2C1. The molecule has 0 fully saturated rings. The first-order valence-corrected chi connectivity index (χ1v) is 6.12. The van der Waals surface area contributed by atoms with E-state index in [-0.39, 0.29) is 11.9 Å². The number of nitrogens with zero attached hydrogens (tertiary/aromatic N) is 4. The highest BCUT2D eigenvalue weighted by molar-refractivity contribution is 5.68. The Kier molecular flexibility index (Phi) is 3.38. The molecule has 0 bridgehead atoms. The molecule has 1 aliphatic heterocycles. The van der Waals surface area contributed by atoms with Crippen LogP contribution in [-0.2, 0) is 17.7 Å². The molecule has 0 spiro atoms.